The number of rotatable bonds is 9. The van der Waals surface area contributed by atoms with Crippen molar-refractivity contribution in [2.75, 3.05) is 52.4 Å². The molecular weight excluding hydrogens is 328 g/mol. The highest BCUT2D eigenvalue weighted by atomic mass is 16.2. The summed E-state index contributed by atoms with van der Waals surface area (Å²) < 4.78 is 0. The summed E-state index contributed by atoms with van der Waals surface area (Å²) in [4.78, 5) is 31.5. The minimum absolute atomic E-state index is 0.0203. The predicted octanol–water partition coefficient (Wildman–Crippen LogP) is 1.56. The van der Waals surface area contributed by atoms with Crippen molar-refractivity contribution in [3.05, 3.63) is 0 Å². The molecule has 1 atom stereocenters. The number of hydrogen-bond acceptors (Lipinski definition) is 4. The second kappa shape index (κ2) is 10.9. The van der Waals surface area contributed by atoms with E-state index in [9.17, 15) is 9.59 Å². The average Bonchev–Trinajstić information content (AvgIpc) is 3.19. The van der Waals surface area contributed by atoms with E-state index in [1.54, 1.807) is 0 Å². The van der Waals surface area contributed by atoms with Crippen LogP contribution < -0.4 is 5.32 Å². The van der Waals surface area contributed by atoms with Gasteiger partial charge in [0, 0.05) is 45.7 Å². The smallest absolute Gasteiger partial charge is 0.237 e. The maximum absolute atomic E-state index is 13.0. The largest absolute Gasteiger partial charge is 0.353 e. The van der Waals surface area contributed by atoms with Crippen molar-refractivity contribution in [3.8, 4) is 0 Å². The van der Waals surface area contributed by atoms with Gasteiger partial charge in [-0.3, -0.25) is 14.5 Å². The normalized spacial score (nSPS) is 20.5. The van der Waals surface area contributed by atoms with Crippen molar-refractivity contribution in [2.45, 2.75) is 58.9 Å². The number of piperazine rings is 1. The molecule has 0 radical (unpaired) electrons. The zero-order valence-corrected chi connectivity index (χ0v) is 17.0. The second-order valence-corrected chi connectivity index (χ2v) is 7.58. The summed E-state index contributed by atoms with van der Waals surface area (Å²) in [6.45, 7) is 13.0. The molecule has 0 bridgehead atoms. The van der Waals surface area contributed by atoms with Crippen LogP contribution in [0.3, 0.4) is 0 Å². The molecule has 2 fully saturated rings. The van der Waals surface area contributed by atoms with Crippen LogP contribution in [0.25, 0.3) is 0 Å². The Hall–Kier alpha value is -1.14. The molecule has 0 spiro atoms. The quantitative estimate of drug-likeness (QED) is 0.673. The van der Waals surface area contributed by atoms with Crippen LogP contribution in [0.15, 0.2) is 0 Å². The number of nitrogens with one attached hydrogen (secondary N) is 1. The first kappa shape index (κ1) is 21.2. The molecule has 6 nitrogen and oxygen atoms in total. The standard InChI is InChI=1S/C20H38N4O2/c1-4-18(25)23-13-15-24(16-14-23)19(17-9-7-8-10-17)20(26)21-11-12-22(5-2)6-3/h17,19H,4-16H2,1-3H3,(H,21,26). The second-order valence-electron chi connectivity index (χ2n) is 7.58. The Labute approximate surface area is 159 Å². The maximum Gasteiger partial charge on any atom is 0.237 e. The first-order chi connectivity index (χ1) is 12.6. The molecule has 2 aliphatic rings. The highest BCUT2D eigenvalue weighted by Crippen LogP contribution is 2.31. The molecule has 150 valence electrons. The fourth-order valence-corrected chi connectivity index (χ4v) is 4.41. The molecule has 1 aliphatic carbocycles. The van der Waals surface area contributed by atoms with Crippen LogP contribution in [0.2, 0.25) is 0 Å². The van der Waals surface area contributed by atoms with Crippen LogP contribution in [0.4, 0.5) is 0 Å². The van der Waals surface area contributed by atoms with Gasteiger partial charge in [0.05, 0.1) is 6.04 Å². The van der Waals surface area contributed by atoms with Crippen LogP contribution >= 0.6 is 0 Å². The van der Waals surface area contributed by atoms with E-state index in [-0.39, 0.29) is 17.9 Å². The third-order valence-electron chi connectivity index (χ3n) is 6.10. The fraction of sp³-hybridized carbons (Fsp3) is 0.900. The van der Waals surface area contributed by atoms with Crippen molar-refractivity contribution in [1.82, 2.24) is 20.0 Å². The van der Waals surface area contributed by atoms with E-state index in [0.29, 0.717) is 12.3 Å². The zero-order chi connectivity index (χ0) is 18.9. The third-order valence-corrected chi connectivity index (χ3v) is 6.10. The Morgan fingerprint density at radius 2 is 1.65 bits per heavy atom. The van der Waals surface area contributed by atoms with Gasteiger partial charge in [0.2, 0.25) is 11.8 Å². The number of hydrogen-bond donors (Lipinski definition) is 1. The van der Waals surface area contributed by atoms with E-state index in [0.717, 1.165) is 65.2 Å². The van der Waals surface area contributed by atoms with Gasteiger partial charge in [0.25, 0.3) is 0 Å². The summed E-state index contributed by atoms with van der Waals surface area (Å²) in [5, 5.41) is 3.20. The van der Waals surface area contributed by atoms with E-state index in [1.165, 1.54) is 12.8 Å². The monoisotopic (exact) mass is 366 g/mol. The average molecular weight is 367 g/mol. The maximum atomic E-state index is 13.0. The van der Waals surface area contributed by atoms with Crippen molar-refractivity contribution in [3.63, 3.8) is 0 Å². The van der Waals surface area contributed by atoms with Crippen LogP contribution in [0, 0.1) is 5.92 Å². The summed E-state index contributed by atoms with van der Waals surface area (Å²) in [6, 6.07) is -0.0203. The number of amides is 2. The van der Waals surface area contributed by atoms with Gasteiger partial charge in [-0.05, 0) is 31.8 Å². The number of carbonyl (C=O) groups is 2. The summed E-state index contributed by atoms with van der Waals surface area (Å²) in [5.41, 5.74) is 0. The first-order valence-electron chi connectivity index (χ1n) is 10.6. The Bertz CT molecular complexity index is 439. The Morgan fingerprint density at radius 1 is 1.04 bits per heavy atom. The molecule has 0 aromatic carbocycles. The Kier molecular flexibility index (Phi) is 8.85. The minimum atomic E-state index is -0.0203. The molecule has 6 heteroatoms. The topological polar surface area (TPSA) is 55.9 Å². The van der Waals surface area contributed by atoms with Gasteiger partial charge >= 0.3 is 0 Å². The molecule has 1 unspecified atom stereocenters. The molecular formula is C20H38N4O2. The number of likely N-dealkylation sites (N-methyl/N-ethyl adjacent to an activating group) is 1. The van der Waals surface area contributed by atoms with Gasteiger partial charge in [-0.2, -0.15) is 0 Å². The SMILES string of the molecule is CCC(=O)N1CCN(C(C(=O)NCCN(CC)CC)C2CCCC2)CC1. The van der Waals surface area contributed by atoms with E-state index < -0.39 is 0 Å². The van der Waals surface area contributed by atoms with Crippen LogP contribution in [0.1, 0.15) is 52.9 Å². The van der Waals surface area contributed by atoms with E-state index in [4.69, 9.17) is 0 Å². The molecule has 1 saturated heterocycles. The first-order valence-corrected chi connectivity index (χ1v) is 10.6. The third kappa shape index (κ3) is 5.68. The minimum Gasteiger partial charge on any atom is -0.353 e. The summed E-state index contributed by atoms with van der Waals surface area (Å²) >= 11 is 0. The lowest BCUT2D eigenvalue weighted by Crippen LogP contribution is -2.58. The van der Waals surface area contributed by atoms with Gasteiger partial charge in [-0.1, -0.05) is 33.6 Å². The zero-order valence-electron chi connectivity index (χ0n) is 17.0. The fourth-order valence-electron chi connectivity index (χ4n) is 4.41. The van der Waals surface area contributed by atoms with Crippen molar-refractivity contribution in [2.24, 2.45) is 5.92 Å². The molecule has 0 aromatic rings. The molecule has 2 rings (SSSR count). The lowest BCUT2D eigenvalue weighted by molar-refractivity contribution is -0.135. The molecule has 1 N–H and O–H groups in total. The van der Waals surface area contributed by atoms with Crippen molar-refractivity contribution >= 4 is 11.8 Å². The van der Waals surface area contributed by atoms with Gasteiger partial charge in [-0.25, -0.2) is 0 Å². The van der Waals surface area contributed by atoms with E-state index >= 15 is 0 Å². The summed E-state index contributed by atoms with van der Waals surface area (Å²) in [7, 11) is 0. The van der Waals surface area contributed by atoms with Gasteiger partial charge in [0.1, 0.15) is 0 Å². The Morgan fingerprint density at radius 3 is 2.19 bits per heavy atom. The van der Waals surface area contributed by atoms with E-state index in [1.807, 2.05) is 11.8 Å². The molecule has 2 amide bonds. The lowest BCUT2D eigenvalue weighted by atomic mass is 9.95. The number of nitrogens with zero attached hydrogens (tertiary/aromatic N) is 3. The van der Waals surface area contributed by atoms with Crippen LogP contribution in [-0.2, 0) is 9.59 Å². The van der Waals surface area contributed by atoms with Crippen LogP contribution in [-0.4, -0.2) is 84.9 Å². The van der Waals surface area contributed by atoms with Gasteiger partial charge in [0.15, 0.2) is 0 Å². The molecule has 26 heavy (non-hydrogen) atoms. The number of carbonyl (C=O) groups excluding carboxylic acids is 2. The molecule has 1 aliphatic heterocycles. The van der Waals surface area contributed by atoms with Gasteiger partial charge in [-0.15, -0.1) is 0 Å². The molecule has 1 saturated carbocycles. The van der Waals surface area contributed by atoms with Gasteiger partial charge < -0.3 is 15.1 Å². The Balaban J connectivity index is 1.91. The summed E-state index contributed by atoms with van der Waals surface area (Å²) in [6.07, 6.45) is 5.35. The lowest BCUT2D eigenvalue weighted by Gasteiger charge is -2.40. The highest BCUT2D eigenvalue weighted by Gasteiger charge is 2.37. The van der Waals surface area contributed by atoms with Crippen molar-refractivity contribution in [1.29, 1.82) is 0 Å². The van der Waals surface area contributed by atoms with Crippen molar-refractivity contribution < 1.29 is 9.59 Å². The molecule has 0 aromatic heterocycles. The van der Waals surface area contributed by atoms with E-state index in [2.05, 4.69) is 29.0 Å². The molecule has 1 heterocycles. The summed E-state index contributed by atoms with van der Waals surface area (Å²) in [5.74, 6) is 0.891. The highest BCUT2D eigenvalue weighted by molar-refractivity contribution is 5.82. The predicted molar refractivity (Wildman–Crippen MR) is 105 cm³/mol. The van der Waals surface area contributed by atoms with Crippen LogP contribution in [0.5, 0.6) is 0 Å².